The van der Waals surface area contributed by atoms with Crippen molar-refractivity contribution in [3.05, 3.63) is 42.0 Å². The lowest BCUT2D eigenvalue weighted by Crippen LogP contribution is -2.41. The molecule has 0 saturated carbocycles. The number of carbonyl (C=O) groups is 1. The van der Waals surface area contributed by atoms with Crippen molar-refractivity contribution in [3.63, 3.8) is 0 Å². The topological polar surface area (TPSA) is 38.8 Å². The summed E-state index contributed by atoms with van der Waals surface area (Å²) in [5, 5.41) is 0. The summed E-state index contributed by atoms with van der Waals surface area (Å²) >= 11 is 0. The fraction of sp³-hybridized carbons (Fsp3) is 0.571. The molecule has 0 aromatic heterocycles. The number of nitrogens with zero attached hydrogens (tertiary/aromatic N) is 1. The fourth-order valence-corrected chi connectivity index (χ4v) is 2.88. The van der Waals surface area contributed by atoms with Crippen LogP contribution in [0.2, 0.25) is 0 Å². The van der Waals surface area contributed by atoms with E-state index in [1.54, 1.807) is 0 Å². The minimum absolute atomic E-state index is 0.187. The number of likely N-dealkylation sites (tertiary alicyclic amines) is 1. The van der Waals surface area contributed by atoms with Gasteiger partial charge in [-0.2, -0.15) is 0 Å². The molecule has 138 valence electrons. The number of ether oxygens (including phenoxy) is 2. The van der Waals surface area contributed by atoms with Crippen molar-refractivity contribution in [1.82, 2.24) is 4.90 Å². The van der Waals surface area contributed by atoms with E-state index in [0.717, 1.165) is 39.0 Å². The SMILES string of the molecule is CC(C)(C)OC(=O)N1CCC(CCOC/C=C\c2ccccc2)CC1. The molecule has 0 radical (unpaired) electrons. The molecule has 1 amide bonds. The second-order valence-corrected chi connectivity index (χ2v) is 7.59. The zero-order valence-corrected chi connectivity index (χ0v) is 15.7. The van der Waals surface area contributed by atoms with E-state index >= 15 is 0 Å². The molecular weight excluding hydrogens is 314 g/mol. The monoisotopic (exact) mass is 345 g/mol. The van der Waals surface area contributed by atoms with Crippen LogP contribution in [0, 0.1) is 5.92 Å². The molecule has 4 nitrogen and oxygen atoms in total. The Kier molecular flexibility index (Phi) is 7.51. The fourth-order valence-electron chi connectivity index (χ4n) is 2.88. The minimum Gasteiger partial charge on any atom is -0.444 e. The predicted octanol–water partition coefficient (Wildman–Crippen LogP) is 4.75. The average Bonchev–Trinajstić information content (AvgIpc) is 2.58. The van der Waals surface area contributed by atoms with Crippen LogP contribution in [-0.4, -0.2) is 42.9 Å². The van der Waals surface area contributed by atoms with Crippen LogP contribution in [0.3, 0.4) is 0 Å². The van der Waals surface area contributed by atoms with Crippen molar-refractivity contribution in [3.8, 4) is 0 Å². The number of piperidine rings is 1. The Hall–Kier alpha value is -1.81. The summed E-state index contributed by atoms with van der Waals surface area (Å²) in [7, 11) is 0. The first kappa shape index (κ1) is 19.5. The van der Waals surface area contributed by atoms with E-state index in [0.29, 0.717) is 12.5 Å². The molecule has 2 rings (SSSR count). The molecule has 0 spiro atoms. The highest BCUT2D eigenvalue weighted by Gasteiger charge is 2.26. The molecule has 1 fully saturated rings. The number of hydrogen-bond donors (Lipinski definition) is 0. The van der Waals surface area contributed by atoms with Crippen molar-refractivity contribution in [1.29, 1.82) is 0 Å². The van der Waals surface area contributed by atoms with Crippen LogP contribution in [0.5, 0.6) is 0 Å². The van der Waals surface area contributed by atoms with Crippen LogP contribution >= 0.6 is 0 Å². The van der Waals surface area contributed by atoms with E-state index in [4.69, 9.17) is 9.47 Å². The second-order valence-electron chi connectivity index (χ2n) is 7.59. The molecule has 1 aliphatic heterocycles. The normalized spacial score (nSPS) is 16.4. The Morgan fingerprint density at radius 3 is 2.52 bits per heavy atom. The van der Waals surface area contributed by atoms with Crippen LogP contribution in [0.1, 0.15) is 45.6 Å². The van der Waals surface area contributed by atoms with Crippen molar-refractivity contribution >= 4 is 12.2 Å². The molecule has 4 heteroatoms. The van der Waals surface area contributed by atoms with Gasteiger partial charge >= 0.3 is 6.09 Å². The van der Waals surface area contributed by atoms with Crippen LogP contribution in [0.15, 0.2) is 36.4 Å². The third-order valence-electron chi connectivity index (χ3n) is 4.26. The summed E-state index contributed by atoms with van der Waals surface area (Å²) in [4.78, 5) is 13.9. The van der Waals surface area contributed by atoms with Gasteiger partial charge in [0.25, 0.3) is 0 Å². The molecule has 0 unspecified atom stereocenters. The Bertz CT molecular complexity index is 540. The molecule has 1 aliphatic rings. The summed E-state index contributed by atoms with van der Waals surface area (Å²) in [6.45, 7) is 8.70. The molecule has 0 N–H and O–H groups in total. The Labute approximate surface area is 151 Å². The number of rotatable bonds is 6. The van der Waals surface area contributed by atoms with Crippen LogP contribution in [0.4, 0.5) is 4.79 Å². The summed E-state index contributed by atoms with van der Waals surface area (Å²) in [5.74, 6) is 0.636. The van der Waals surface area contributed by atoms with Gasteiger partial charge in [-0.3, -0.25) is 0 Å². The maximum atomic E-state index is 12.0. The van der Waals surface area contributed by atoms with Gasteiger partial charge < -0.3 is 14.4 Å². The van der Waals surface area contributed by atoms with Gasteiger partial charge in [0, 0.05) is 19.7 Å². The van der Waals surface area contributed by atoms with Gasteiger partial charge in [-0.15, -0.1) is 0 Å². The zero-order chi connectivity index (χ0) is 18.1. The first-order valence-corrected chi connectivity index (χ1v) is 9.21. The summed E-state index contributed by atoms with van der Waals surface area (Å²) in [6, 6.07) is 10.2. The quantitative estimate of drug-likeness (QED) is 0.698. The number of carbonyl (C=O) groups excluding carboxylic acids is 1. The Balaban J connectivity index is 1.56. The molecule has 1 aromatic rings. The van der Waals surface area contributed by atoms with Crippen LogP contribution in [-0.2, 0) is 9.47 Å². The lowest BCUT2D eigenvalue weighted by Gasteiger charge is -2.33. The van der Waals surface area contributed by atoms with E-state index in [1.807, 2.05) is 43.9 Å². The Morgan fingerprint density at radius 2 is 1.88 bits per heavy atom. The van der Waals surface area contributed by atoms with E-state index in [2.05, 4.69) is 24.3 Å². The summed E-state index contributed by atoms with van der Waals surface area (Å²) in [5.41, 5.74) is 0.773. The molecule has 1 heterocycles. The van der Waals surface area contributed by atoms with E-state index in [1.165, 1.54) is 5.56 Å². The van der Waals surface area contributed by atoms with Gasteiger partial charge in [0.15, 0.2) is 0 Å². The maximum absolute atomic E-state index is 12.0. The first-order valence-electron chi connectivity index (χ1n) is 9.21. The molecule has 0 atom stereocenters. The lowest BCUT2D eigenvalue weighted by molar-refractivity contribution is 0.0170. The third-order valence-corrected chi connectivity index (χ3v) is 4.26. The van der Waals surface area contributed by atoms with E-state index in [9.17, 15) is 4.79 Å². The highest BCUT2D eigenvalue weighted by Crippen LogP contribution is 2.22. The maximum Gasteiger partial charge on any atom is 0.410 e. The zero-order valence-electron chi connectivity index (χ0n) is 15.7. The van der Waals surface area contributed by atoms with Crippen molar-refractivity contribution < 1.29 is 14.3 Å². The van der Waals surface area contributed by atoms with Crippen molar-refractivity contribution in [2.24, 2.45) is 5.92 Å². The van der Waals surface area contributed by atoms with E-state index in [-0.39, 0.29) is 6.09 Å². The molecule has 25 heavy (non-hydrogen) atoms. The number of amides is 1. The first-order chi connectivity index (χ1) is 11.9. The summed E-state index contributed by atoms with van der Waals surface area (Å²) < 4.78 is 11.1. The van der Waals surface area contributed by atoms with Crippen molar-refractivity contribution in [2.75, 3.05) is 26.3 Å². The van der Waals surface area contributed by atoms with Crippen molar-refractivity contribution in [2.45, 2.75) is 45.6 Å². The highest BCUT2D eigenvalue weighted by atomic mass is 16.6. The number of benzene rings is 1. The van der Waals surface area contributed by atoms with Gasteiger partial charge in [0.05, 0.1) is 6.61 Å². The largest absolute Gasteiger partial charge is 0.444 e. The van der Waals surface area contributed by atoms with Gasteiger partial charge in [-0.05, 0) is 51.5 Å². The highest BCUT2D eigenvalue weighted by molar-refractivity contribution is 5.68. The second kappa shape index (κ2) is 9.62. The third kappa shape index (κ3) is 7.74. The van der Waals surface area contributed by atoms with Gasteiger partial charge in [-0.25, -0.2) is 4.79 Å². The molecule has 0 aliphatic carbocycles. The van der Waals surface area contributed by atoms with Gasteiger partial charge in [0.2, 0.25) is 0 Å². The van der Waals surface area contributed by atoms with Gasteiger partial charge in [-0.1, -0.05) is 42.5 Å². The molecule has 1 aromatic carbocycles. The van der Waals surface area contributed by atoms with Gasteiger partial charge in [0.1, 0.15) is 5.60 Å². The Morgan fingerprint density at radius 1 is 1.20 bits per heavy atom. The summed E-state index contributed by atoms with van der Waals surface area (Å²) in [6.07, 6.45) is 7.07. The average molecular weight is 345 g/mol. The van der Waals surface area contributed by atoms with Crippen LogP contribution in [0.25, 0.3) is 6.08 Å². The minimum atomic E-state index is -0.422. The van der Waals surface area contributed by atoms with Crippen LogP contribution < -0.4 is 0 Å². The molecular formula is C21H31NO3. The smallest absolute Gasteiger partial charge is 0.410 e. The molecule has 0 bridgehead atoms. The lowest BCUT2D eigenvalue weighted by atomic mass is 9.94. The standard InChI is InChI=1S/C21H31NO3/c1-21(2,3)25-20(23)22-14-11-19(12-15-22)13-17-24-16-7-10-18-8-5-4-6-9-18/h4-10,19H,11-17H2,1-3H3/b10-7-. The predicted molar refractivity (Wildman–Crippen MR) is 101 cm³/mol. The van der Waals surface area contributed by atoms with E-state index < -0.39 is 5.60 Å². The number of hydrogen-bond acceptors (Lipinski definition) is 3. The molecule has 1 saturated heterocycles.